The van der Waals surface area contributed by atoms with Crippen LogP contribution in [0.1, 0.15) is 85.0 Å². The van der Waals surface area contributed by atoms with Gasteiger partial charge in [-0.05, 0) is 74.6 Å². The average molecular weight is 546 g/mol. The lowest BCUT2D eigenvalue weighted by Crippen LogP contribution is -2.36. The molecule has 1 amide bonds. The molecule has 1 saturated heterocycles. The largest absolute Gasteiger partial charge is 0.481 e. The number of carbonyl (C=O) groups excluding carboxylic acids is 1. The molecular weight excluding hydrogens is 506 g/mol. The van der Waals surface area contributed by atoms with E-state index >= 15 is 0 Å². The zero-order chi connectivity index (χ0) is 27.8. The van der Waals surface area contributed by atoms with Gasteiger partial charge in [0.25, 0.3) is 0 Å². The summed E-state index contributed by atoms with van der Waals surface area (Å²) in [7, 11) is 1.44. The Morgan fingerprint density at radius 3 is 2.55 bits per heavy atom. The van der Waals surface area contributed by atoms with Crippen LogP contribution >= 0.6 is 0 Å². The number of aliphatic carboxylic acids is 1. The average Bonchev–Trinajstić information content (AvgIpc) is 3.65. The summed E-state index contributed by atoms with van der Waals surface area (Å²) in [5.74, 6) is 0.635. The third-order valence-corrected chi connectivity index (χ3v) is 9.31. The molecule has 3 aliphatic rings. The zero-order valence-electron chi connectivity index (χ0n) is 23.5. The van der Waals surface area contributed by atoms with Crippen LogP contribution in [0.15, 0.2) is 36.4 Å². The van der Waals surface area contributed by atoms with Gasteiger partial charge in [-0.2, -0.15) is 0 Å². The minimum absolute atomic E-state index is 0.158. The van der Waals surface area contributed by atoms with Gasteiger partial charge in [-0.3, -0.25) is 4.79 Å². The lowest BCUT2D eigenvalue weighted by molar-refractivity contribution is -0.142. The van der Waals surface area contributed by atoms with E-state index in [0.29, 0.717) is 31.8 Å². The molecular formula is C32H39N3O5. The van der Waals surface area contributed by atoms with Crippen molar-refractivity contribution in [3.05, 3.63) is 64.5 Å². The first kappa shape index (κ1) is 26.8. The van der Waals surface area contributed by atoms with Gasteiger partial charge in [0.2, 0.25) is 0 Å². The maximum Gasteiger partial charge on any atom is 0.409 e. The molecule has 1 aliphatic carbocycles. The Bertz CT molecular complexity index is 1390. The second kappa shape index (κ2) is 11.2. The first-order chi connectivity index (χ1) is 19.4. The molecule has 3 heterocycles. The van der Waals surface area contributed by atoms with Crippen LogP contribution in [0.2, 0.25) is 0 Å². The maximum atomic E-state index is 12.6. The van der Waals surface area contributed by atoms with Gasteiger partial charge in [-0.25, -0.2) is 9.78 Å². The van der Waals surface area contributed by atoms with Gasteiger partial charge in [0.05, 0.1) is 37.2 Å². The Labute approximate surface area is 235 Å². The number of benzene rings is 2. The predicted molar refractivity (Wildman–Crippen MR) is 152 cm³/mol. The smallest absolute Gasteiger partial charge is 0.409 e. The number of aromatic nitrogens is 2. The van der Waals surface area contributed by atoms with Crippen LogP contribution < -0.4 is 0 Å². The SMILES string of the molecule is COC(=O)N1CCc2c([C@@H]3CCOC3)cc3c(nc([C@H]4CC[C@H](C(=O)O)CC4)n3[C@@H](C)Cc3ccccc3)c2C1. The summed E-state index contributed by atoms with van der Waals surface area (Å²) in [5.41, 5.74) is 7.13. The monoisotopic (exact) mass is 545 g/mol. The molecule has 2 fully saturated rings. The van der Waals surface area contributed by atoms with E-state index in [9.17, 15) is 14.7 Å². The highest BCUT2D eigenvalue weighted by atomic mass is 16.5. The maximum absolute atomic E-state index is 12.6. The Balaban J connectivity index is 1.50. The van der Waals surface area contributed by atoms with Crippen LogP contribution in [0.5, 0.6) is 0 Å². The molecule has 8 nitrogen and oxygen atoms in total. The highest BCUT2D eigenvalue weighted by Crippen LogP contribution is 2.42. The normalized spacial score (nSPS) is 23.6. The van der Waals surface area contributed by atoms with Crippen LogP contribution in [0.25, 0.3) is 11.0 Å². The molecule has 0 bridgehead atoms. The van der Waals surface area contributed by atoms with Crippen molar-refractivity contribution in [2.75, 3.05) is 26.9 Å². The van der Waals surface area contributed by atoms with Crippen molar-refractivity contribution < 1.29 is 24.2 Å². The molecule has 0 spiro atoms. The topological polar surface area (TPSA) is 93.9 Å². The van der Waals surface area contributed by atoms with E-state index in [1.54, 1.807) is 4.90 Å². The first-order valence-electron chi connectivity index (χ1n) is 14.7. The molecule has 0 unspecified atom stereocenters. The molecule has 2 aromatic carbocycles. The van der Waals surface area contributed by atoms with E-state index in [0.717, 1.165) is 67.7 Å². The molecule has 8 heteroatoms. The molecule has 1 aromatic heterocycles. The Kier molecular flexibility index (Phi) is 7.53. The number of imidazole rings is 1. The fourth-order valence-electron chi connectivity index (χ4n) is 7.18. The second-order valence-corrected chi connectivity index (χ2v) is 11.8. The number of hydrogen-bond donors (Lipinski definition) is 1. The van der Waals surface area contributed by atoms with Crippen LogP contribution in [0.4, 0.5) is 4.79 Å². The predicted octanol–water partition coefficient (Wildman–Crippen LogP) is 5.83. The number of fused-ring (bicyclic) bond motifs is 3. The van der Waals surface area contributed by atoms with Gasteiger partial charge in [0.1, 0.15) is 5.82 Å². The standard InChI is InChI=1S/C32H39N3O5/c1-20(16-21-6-4-3-5-7-21)35-28-17-26(24-13-15-40-19-24)25-12-14-34(32(38)39-2)18-27(25)29(28)33-30(35)22-8-10-23(11-9-22)31(36)37/h3-7,17,20,22-24H,8-16,18-19H2,1-2H3,(H,36,37)/t20-,22-,23-,24+/m0/s1. The van der Waals surface area contributed by atoms with Gasteiger partial charge < -0.3 is 24.0 Å². The minimum Gasteiger partial charge on any atom is -0.481 e. The summed E-state index contributed by atoms with van der Waals surface area (Å²) in [4.78, 5) is 31.4. The number of ether oxygens (including phenoxy) is 2. The van der Waals surface area contributed by atoms with Crippen molar-refractivity contribution in [1.82, 2.24) is 14.5 Å². The number of amides is 1. The molecule has 0 radical (unpaired) electrons. The van der Waals surface area contributed by atoms with E-state index in [4.69, 9.17) is 14.5 Å². The minimum atomic E-state index is -0.690. The summed E-state index contributed by atoms with van der Waals surface area (Å²) in [5, 5.41) is 9.60. The Hall–Kier alpha value is -3.39. The van der Waals surface area contributed by atoms with Gasteiger partial charge >= 0.3 is 12.1 Å². The number of rotatable bonds is 6. The van der Waals surface area contributed by atoms with E-state index in [1.165, 1.54) is 23.8 Å². The van der Waals surface area contributed by atoms with Crippen LogP contribution in [0.3, 0.4) is 0 Å². The molecule has 2 atom stereocenters. The summed E-state index contributed by atoms with van der Waals surface area (Å²) >= 11 is 0. The molecule has 1 N–H and O–H groups in total. The number of carboxylic acid groups (broad SMARTS) is 1. The fraction of sp³-hybridized carbons (Fsp3) is 0.531. The van der Waals surface area contributed by atoms with Crippen molar-refractivity contribution in [1.29, 1.82) is 0 Å². The number of carboxylic acids is 1. The number of carbonyl (C=O) groups is 2. The van der Waals surface area contributed by atoms with Crippen LogP contribution in [0, 0.1) is 5.92 Å². The molecule has 2 aliphatic heterocycles. The Morgan fingerprint density at radius 2 is 1.88 bits per heavy atom. The second-order valence-electron chi connectivity index (χ2n) is 11.8. The van der Waals surface area contributed by atoms with E-state index in [2.05, 4.69) is 41.8 Å². The lowest BCUT2D eigenvalue weighted by atomic mass is 9.81. The molecule has 6 rings (SSSR count). The van der Waals surface area contributed by atoms with Crippen LogP contribution in [-0.2, 0) is 33.7 Å². The quantitative estimate of drug-likeness (QED) is 0.419. The third kappa shape index (κ3) is 4.98. The molecule has 3 aromatic rings. The molecule has 212 valence electrons. The Morgan fingerprint density at radius 1 is 1.10 bits per heavy atom. The fourth-order valence-corrected chi connectivity index (χ4v) is 7.18. The van der Waals surface area contributed by atoms with E-state index in [1.807, 2.05) is 6.07 Å². The van der Waals surface area contributed by atoms with Crippen molar-refractivity contribution in [2.24, 2.45) is 5.92 Å². The van der Waals surface area contributed by atoms with E-state index in [-0.39, 0.29) is 24.0 Å². The summed E-state index contributed by atoms with van der Waals surface area (Å²) in [6.45, 7) is 4.86. The zero-order valence-corrected chi connectivity index (χ0v) is 23.5. The van der Waals surface area contributed by atoms with Crippen LogP contribution in [-0.4, -0.2) is 58.5 Å². The first-order valence-corrected chi connectivity index (χ1v) is 14.7. The molecule has 40 heavy (non-hydrogen) atoms. The van der Waals surface area contributed by atoms with Gasteiger partial charge in [-0.15, -0.1) is 0 Å². The highest BCUT2D eigenvalue weighted by molar-refractivity contribution is 5.84. The summed E-state index contributed by atoms with van der Waals surface area (Å²) < 4.78 is 13.4. The summed E-state index contributed by atoms with van der Waals surface area (Å²) in [6.07, 6.45) is 5.32. The summed E-state index contributed by atoms with van der Waals surface area (Å²) in [6, 6.07) is 13.1. The van der Waals surface area contributed by atoms with Crippen molar-refractivity contribution in [2.45, 2.75) is 76.3 Å². The van der Waals surface area contributed by atoms with Gasteiger partial charge in [-0.1, -0.05) is 30.3 Å². The molecule has 1 saturated carbocycles. The van der Waals surface area contributed by atoms with Crippen molar-refractivity contribution in [3.8, 4) is 0 Å². The third-order valence-electron chi connectivity index (χ3n) is 9.31. The van der Waals surface area contributed by atoms with Gasteiger partial charge in [0.15, 0.2) is 0 Å². The van der Waals surface area contributed by atoms with Crippen molar-refractivity contribution in [3.63, 3.8) is 0 Å². The number of nitrogens with zero attached hydrogens (tertiary/aromatic N) is 3. The van der Waals surface area contributed by atoms with Gasteiger partial charge in [0, 0.05) is 36.6 Å². The lowest BCUT2D eigenvalue weighted by Gasteiger charge is -2.31. The highest BCUT2D eigenvalue weighted by Gasteiger charge is 2.35. The van der Waals surface area contributed by atoms with E-state index < -0.39 is 5.97 Å². The van der Waals surface area contributed by atoms with Crippen molar-refractivity contribution >= 4 is 23.1 Å². The number of methoxy groups -OCH3 is 1. The number of hydrogen-bond acceptors (Lipinski definition) is 5.